The van der Waals surface area contributed by atoms with Crippen molar-refractivity contribution in [3.05, 3.63) is 132 Å². The number of aromatic nitrogens is 2. The van der Waals surface area contributed by atoms with Crippen LogP contribution in [0.25, 0.3) is 76.9 Å². The summed E-state index contributed by atoms with van der Waals surface area (Å²) in [4.78, 5) is 0. The number of furan rings is 1. The van der Waals surface area contributed by atoms with Gasteiger partial charge in [-0.2, -0.15) is 0 Å². The number of fused-ring (bicyclic) bond motifs is 11. The van der Waals surface area contributed by atoms with Gasteiger partial charge in [-0.1, -0.05) is 102 Å². The Balaban J connectivity index is 1.37. The van der Waals surface area contributed by atoms with Crippen LogP contribution in [0.15, 0.2) is 126 Å². The average molecular weight is 623 g/mol. The molecule has 0 amide bonds. The molecule has 48 heavy (non-hydrogen) atoms. The molecule has 0 bridgehead atoms. The molecule has 0 saturated heterocycles. The Hall–Kier alpha value is -5.28. The van der Waals surface area contributed by atoms with E-state index < -0.39 is 0 Å². The summed E-state index contributed by atoms with van der Waals surface area (Å²) < 4.78 is 11.6. The van der Waals surface area contributed by atoms with Crippen LogP contribution in [0.5, 0.6) is 0 Å². The van der Waals surface area contributed by atoms with Crippen LogP contribution in [0.3, 0.4) is 0 Å². The molecule has 0 aliphatic heterocycles. The molecule has 0 saturated carbocycles. The van der Waals surface area contributed by atoms with Crippen LogP contribution in [0, 0.1) is 5.41 Å². The largest absolute Gasteiger partial charge is 0.454 e. The Morgan fingerprint density at radius 3 is 1.85 bits per heavy atom. The molecule has 3 aromatic heterocycles. The van der Waals surface area contributed by atoms with Crippen LogP contribution in [0.2, 0.25) is 0 Å². The first-order valence-electron chi connectivity index (χ1n) is 17.1. The molecular weight excluding hydrogens is 585 g/mol. The maximum atomic E-state index is 6.77. The van der Waals surface area contributed by atoms with Crippen molar-refractivity contribution in [2.75, 3.05) is 0 Å². The number of hydrogen-bond donors (Lipinski definition) is 0. The van der Waals surface area contributed by atoms with Gasteiger partial charge in [-0.05, 0) is 88.0 Å². The first-order chi connectivity index (χ1) is 23.1. The third-order valence-electron chi connectivity index (χ3n) is 12.8. The fourth-order valence-electron chi connectivity index (χ4n) is 9.04. The molecule has 0 radical (unpaired) electrons. The van der Waals surface area contributed by atoms with E-state index in [1.54, 1.807) is 0 Å². The van der Waals surface area contributed by atoms with Crippen molar-refractivity contribution in [2.24, 2.45) is 5.41 Å². The first-order valence-corrected chi connectivity index (χ1v) is 17.1. The molecule has 6 aromatic carbocycles. The van der Waals surface area contributed by atoms with Gasteiger partial charge in [-0.25, -0.2) is 0 Å². The van der Waals surface area contributed by atoms with Gasteiger partial charge < -0.3 is 13.6 Å². The standard InChI is InChI=1S/C45H38N2O/c1-43(2)35-25-34-31-21-22-32-30-17-11-13-19-40(30)48-42(32)41(31)47(39(34)26-36(35)44(3,4)45(43,5)6)28-20-23-38-33(24-28)29-16-10-12-18-37(29)46(38)27-14-8-7-9-15-27/h7-26H,1-6H3. The predicted octanol–water partition coefficient (Wildman–Crippen LogP) is 12.4. The van der Waals surface area contributed by atoms with Gasteiger partial charge in [-0.15, -0.1) is 0 Å². The zero-order chi connectivity index (χ0) is 32.7. The quantitative estimate of drug-likeness (QED) is 0.188. The molecule has 3 heterocycles. The lowest BCUT2D eigenvalue weighted by atomic mass is 9.59. The molecule has 3 nitrogen and oxygen atoms in total. The monoisotopic (exact) mass is 622 g/mol. The van der Waals surface area contributed by atoms with Crippen LogP contribution in [0.4, 0.5) is 0 Å². The van der Waals surface area contributed by atoms with Gasteiger partial charge in [0, 0.05) is 43.7 Å². The Bertz CT molecular complexity index is 2800. The van der Waals surface area contributed by atoms with Gasteiger partial charge in [0.25, 0.3) is 0 Å². The molecule has 0 unspecified atom stereocenters. The maximum absolute atomic E-state index is 6.77. The van der Waals surface area contributed by atoms with Crippen molar-refractivity contribution < 1.29 is 4.42 Å². The third-order valence-corrected chi connectivity index (χ3v) is 12.8. The molecule has 1 aliphatic rings. The van der Waals surface area contributed by atoms with E-state index in [-0.39, 0.29) is 16.2 Å². The second kappa shape index (κ2) is 8.99. The number of rotatable bonds is 2. The van der Waals surface area contributed by atoms with Crippen LogP contribution in [0.1, 0.15) is 52.7 Å². The van der Waals surface area contributed by atoms with Crippen molar-refractivity contribution in [1.29, 1.82) is 0 Å². The molecular formula is C45H38N2O. The highest BCUT2D eigenvalue weighted by atomic mass is 16.3. The second-order valence-electron chi connectivity index (χ2n) is 15.5. The molecule has 1 aliphatic carbocycles. The highest BCUT2D eigenvalue weighted by molar-refractivity contribution is 6.22. The van der Waals surface area contributed by atoms with Gasteiger partial charge in [0.05, 0.1) is 22.1 Å². The van der Waals surface area contributed by atoms with Crippen molar-refractivity contribution in [3.8, 4) is 11.4 Å². The van der Waals surface area contributed by atoms with E-state index in [1.807, 2.05) is 0 Å². The summed E-state index contributed by atoms with van der Waals surface area (Å²) in [6.45, 7) is 14.6. The molecule has 0 spiro atoms. The molecule has 0 atom stereocenters. The third kappa shape index (κ3) is 3.24. The summed E-state index contributed by atoms with van der Waals surface area (Å²) in [5.74, 6) is 0. The minimum Gasteiger partial charge on any atom is -0.454 e. The summed E-state index contributed by atoms with van der Waals surface area (Å²) in [6, 6.07) is 44.5. The highest BCUT2D eigenvalue weighted by Crippen LogP contribution is 2.62. The molecule has 0 N–H and O–H groups in total. The topological polar surface area (TPSA) is 23.0 Å². The van der Waals surface area contributed by atoms with Gasteiger partial charge in [-0.3, -0.25) is 0 Å². The van der Waals surface area contributed by atoms with Gasteiger partial charge in [0.15, 0.2) is 5.58 Å². The number of hydrogen-bond acceptors (Lipinski definition) is 1. The predicted molar refractivity (Wildman–Crippen MR) is 202 cm³/mol. The van der Waals surface area contributed by atoms with E-state index in [2.05, 4.69) is 172 Å². The Labute approximate surface area is 280 Å². The van der Waals surface area contributed by atoms with Crippen LogP contribution in [-0.2, 0) is 10.8 Å². The number of benzene rings is 6. The van der Waals surface area contributed by atoms with Crippen LogP contribution >= 0.6 is 0 Å². The molecule has 0 fully saturated rings. The van der Waals surface area contributed by atoms with Gasteiger partial charge >= 0.3 is 0 Å². The Kier molecular flexibility index (Phi) is 5.21. The maximum Gasteiger partial charge on any atom is 0.160 e. The summed E-state index contributed by atoms with van der Waals surface area (Å²) in [6.07, 6.45) is 0. The first kappa shape index (κ1) is 27.8. The summed E-state index contributed by atoms with van der Waals surface area (Å²) in [5.41, 5.74) is 11.9. The Morgan fingerprint density at radius 1 is 0.438 bits per heavy atom. The Morgan fingerprint density at radius 2 is 1.06 bits per heavy atom. The minimum absolute atomic E-state index is 0.0100. The van der Waals surface area contributed by atoms with Crippen LogP contribution < -0.4 is 0 Å². The van der Waals surface area contributed by atoms with Crippen molar-refractivity contribution in [2.45, 2.75) is 52.4 Å². The number of para-hydroxylation sites is 3. The van der Waals surface area contributed by atoms with E-state index in [0.717, 1.165) is 33.1 Å². The van der Waals surface area contributed by atoms with Gasteiger partial charge in [0.2, 0.25) is 0 Å². The summed E-state index contributed by atoms with van der Waals surface area (Å²) in [5, 5.41) is 7.29. The van der Waals surface area contributed by atoms with Crippen LogP contribution in [-0.4, -0.2) is 9.13 Å². The molecule has 234 valence electrons. The van der Waals surface area contributed by atoms with E-state index in [9.17, 15) is 0 Å². The van der Waals surface area contributed by atoms with E-state index >= 15 is 0 Å². The van der Waals surface area contributed by atoms with Gasteiger partial charge in [0.1, 0.15) is 5.58 Å². The van der Waals surface area contributed by atoms with Crippen molar-refractivity contribution in [3.63, 3.8) is 0 Å². The normalized spacial score (nSPS) is 16.6. The summed E-state index contributed by atoms with van der Waals surface area (Å²) in [7, 11) is 0. The molecule has 9 aromatic rings. The summed E-state index contributed by atoms with van der Waals surface area (Å²) >= 11 is 0. The van der Waals surface area contributed by atoms with E-state index in [0.29, 0.717) is 0 Å². The average Bonchev–Trinajstić information content (AvgIpc) is 3.77. The highest BCUT2D eigenvalue weighted by Gasteiger charge is 2.57. The van der Waals surface area contributed by atoms with Crippen molar-refractivity contribution in [1.82, 2.24) is 9.13 Å². The lowest BCUT2D eigenvalue weighted by molar-refractivity contribution is 0.125. The fourth-order valence-corrected chi connectivity index (χ4v) is 9.04. The molecule has 3 heteroatoms. The number of nitrogens with zero attached hydrogens (tertiary/aromatic N) is 2. The fraction of sp³-hybridized carbons (Fsp3) is 0.200. The SMILES string of the molecule is CC1(C)c2cc3c4ccc5c6ccccc6oc5c4n(-c4ccc5c(c4)c4ccccc4n5-c4ccccc4)c3cc2C(C)(C)C1(C)C. The smallest absolute Gasteiger partial charge is 0.160 e. The minimum atomic E-state index is -0.0109. The zero-order valence-corrected chi connectivity index (χ0v) is 28.3. The van der Waals surface area contributed by atoms with Crippen molar-refractivity contribution >= 4 is 65.6 Å². The lowest BCUT2D eigenvalue weighted by Gasteiger charge is -2.44. The van der Waals surface area contributed by atoms with E-state index in [4.69, 9.17) is 4.42 Å². The lowest BCUT2D eigenvalue weighted by Crippen LogP contribution is -2.42. The van der Waals surface area contributed by atoms with E-state index in [1.165, 1.54) is 54.9 Å². The zero-order valence-electron chi connectivity index (χ0n) is 28.3. The second-order valence-corrected chi connectivity index (χ2v) is 15.5. The molecule has 10 rings (SSSR count).